The number of ether oxygens (including phenoxy) is 1. The number of hydrogen-bond acceptors (Lipinski definition) is 3. The van der Waals surface area contributed by atoms with Crippen LogP contribution in [0.2, 0.25) is 0 Å². The fraction of sp³-hybridized carbons (Fsp3) is 0.550. The Bertz CT molecular complexity index is 618. The Labute approximate surface area is 162 Å². The summed E-state index contributed by atoms with van der Waals surface area (Å²) in [6.45, 7) is 5.42. The minimum Gasteiger partial charge on any atom is -0.461 e. The fourth-order valence-electron chi connectivity index (χ4n) is 3.73. The molecule has 0 spiro atoms. The zero-order valence-corrected chi connectivity index (χ0v) is 16.7. The summed E-state index contributed by atoms with van der Waals surface area (Å²) in [5, 5.41) is 0. The highest BCUT2D eigenvalue weighted by molar-refractivity contribution is 9.10. The van der Waals surface area contributed by atoms with Gasteiger partial charge in [-0.15, -0.1) is 6.58 Å². The van der Waals surface area contributed by atoms with Crippen LogP contribution in [-0.4, -0.2) is 31.1 Å². The zero-order chi connectivity index (χ0) is 19.2. The average Bonchev–Trinajstić information content (AvgIpc) is 2.63. The molecule has 144 valence electrons. The van der Waals surface area contributed by atoms with Crippen LogP contribution in [0.5, 0.6) is 0 Å². The molecule has 3 nitrogen and oxygen atoms in total. The van der Waals surface area contributed by atoms with Crippen molar-refractivity contribution in [1.29, 1.82) is 0 Å². The number of halogens is 3. The predicted molar refractivity (Wildman–Crippen MR) is 104 cm³/mol. The van der Waals surface area contributed by atoms with Gasteiger partial charge in [0.15, 0.2) is 0 Å². The Morgan fingerprint density at radius 1 is 1.38 bits per heavy atom. The number of hydrogen-bond donors (Lipinski definition) is 0. The van der Waals surface area contributed by atoms with Gasteiger partial charge in [0.25, 0.3) is 0 Å². The molecule has 0 aliphatic heterocycles. The number of nitrogens with zero attached hydrogens (tertiary/aromatic N) is 1. The average molecular weight is 430 g/mol. The Morgan fingerprint density at radius 2 is 2.04 bits per heavy atom. The van der Waals surface area contributed by atoms with E-state index in [2.05, 4.69) is 22.5 Å². The standard InChI is InChI=1S/C20H26BrF2NO2/c1-3-14-24(17-13-9-8-12-16(17)21)18(15-10-6-5-7-11-15)20(22,23)19(25)26-4-2/h3,8-9,12-13,15,18H,1,4-7,10-11,14H2,2H3. The molecule has 6 heteroatoms. The van der Waals surface area contributed by atoms with Crippen molar-refractivity contribution in [3.05, 3.63) is 41.4 Å². The molecule has 1 aromatic carbocycles. The molecule has 0 heterocycles. The van der Waals surface area contributed by atoms with Crippen molar-refractivity contribution in [2.75, 3.05) is 18.1 Å². The van der Waals surface area contributed by atoms with Crippen molar-refractivity contribution < 1.29 is 18.3 Å². The summed E-state index contributed by atoms with van der Waals surface area (Å²) < 4.78 is 36.0. The van der Waals surface area contributed by atoms with Crippen molar-refractivity contribution >= 4 is 27.6 Å². The highest BCUT2D eigenvalue weighted by Crippen LogP contribution is 2.41. The lowest BCUT2D eigenvalue weighted by Gasteiger charge is -2.42. The molecular formula is C20H26BrF2NO2. The molecule has 2 rings (SSSR count). The highest BCUT2D eigenvalue weighted by Gasteiger charge is 2.54. The minimum absolute atomic E-state index is 0.0672. The van der Waals surface area contributed by atoms with Crippen LogP contribution in [0.15, 0.2) is 41.4 Å². The number of para-hydroxylation sites is 1. The number of carbonyl (C=O) groups excluding carboxylic acids is 1. The molecule has 0 aromatic heterocycles. The second-order valence-electron chi connectivity index (χ2n) is 6.58. The fourth-order valence-corrected chi connectivity index (χ4v) is 4.24. The zero-order valence-electron chi connectivity index (χ0n) is 15.1. The maximum absolute atomic E-state index is 15.3. The Hall–Kier alpha value is -1.43. The maximum Gasteiger partial charge on any atom is 0.379 e. The third-order valence-electron chi connectivity index (χ3n) is 4.84. The van der Waals surface area contributed by atoms with Crippen molar-refractivity contribution in [3.8, 4) is 0 Å². The van der Waals surface area contributed by atoms with Crippen molar-refractivity contribution in [2.45, 2.75) is 51.0 Å². The largest absolute Gasteiger partial charge is 0.461 e. The first-order valence-electron chi connectivity index (χ1n) is 9.10. The van der Waals surface area contributed by atoms with E-state index in [1.807, 2.05) is 12.1 Å². The molecule has 1 aliphatic carbocycles. The van der Waals surface area contributed by atoms with E-state index in [1.54, 1.807) is 30.0 Å². The second kappa shape index (κ2) is 9.49. The topological polar surface area (TPSA) is 29.5 Å². The first-order valence-corrected chi connectivity index (χ1v) is 9.89. The normalized spacial score (nSPS) is 16.8. The van der Waals surface area contributed by atoms with Crippen LogP contribution in [0.4, 0.5) is 14.5 Å². The predicted octanol–water partition coefficient (Wildman–Crippen LogP) is 5.59. The summed E-state index contributed by atoms with van der Waals surface area (Å²) in [4.78, 5) is 13.7. The molecule has 1 saturated carbocycles. The number of benzene rings is 1. The van der Waals surface area contributed by atoms with E-state index in [4.69, 9.17) is 4.74 Å². The minimum atomic E-state index is -3.60. The number of anilines is 1. The summed E-state index contributed by atoms with van der Waals surface area (Å²) in [5.41, 5.74) is 0.631. The smallest absolute Gasteiger partial charge is 0.379 e. The van der Waals surface area contributed by atoms with Gasteiger partial charge in [-0.1, -0.05) is 37.5 Å². The number of carbonyl (C=O) groups is 1. The third-order valence-corrected chi connectivity index (χ3v) is 5.51. The Kier molecular flexibility index (Phi) is 7.62. The highest BCUT2D eigenvalue weighted by atomic mass is 79.9. The molecule has 0 amide bonds. The molecular weight excluding hydrogens is 404 g/mol. The van der Waals surface area contributed by atoms with Gasteiger partial charge in [-0.2, -0.15) is 8.78 Å². The van der Waals surface area contributed by atoms with Gasteiger partial charge in [-0.3, -0.25) is 0 Å². The summed E-state index contributed by atoms with van der Waals surface area (Å²) in [6.07, 6.45) is 5.80. The van der Waals surface area contributed by atoms with Gasteiger partial charge < -0.3 is 9.64 Å². The molecule has 1 aliphatic rings. The van der Waals surface area contributed by atoms with Gasteiger partial charge in [-0.05, 0) is 53.7 Å². The first kappa shape index (κ1) is 20.9. The van der Waals surface area contributed by atoms with Gasteiger partial charge in [0.2, 0.25) is 0 Å². The summed E-state index contributed by atoms with van der Waals surface area (Å²) in [7, 11) is 0. The molecule has 1 fully saturated rings. The molecule has 1 atom stereocenters. The van der Waals surface area contributed by atoms with Gasteiger partial charge in [0.1, 0.15) is 6.04 Å². The van der Waals surface area contributed by atoms with E-state index in [1.165, 1.54) is 0 Å². The van der Waals surface area contributed by atoms with E-state index < -0.39 is 17.9 Å². The quantitative estimate of drug-likeness (QED) is 0.398. The summed E-state index contributed by atoms with van der Waals surface area (Å²) in [6, 6.07) is 5.96. The van der Waals surface area contributed by atoms with Crippen molar-refractivity contribution in [1.82, 2.24) is 0 Å². The molecule has 1 unspecified atom stereocenters. The van der Waals surface area contributed by atoms with E-state index in [0.717, 1.165) is 19.3 Å². The van der Waals surface area contributed by atoms with Crippen LogP contribution in [0.25, 0.3) is 0 Å². The molecule has 26 heavy (non-hydrogen) atoms. The monoisotopic (exact) mass is 429 g/mol. The van der Waals surface area contributed by atoms with Gasteiger partial charge in [-0.25, -0.2) is 4.79 Å². The SMILES string of the molecule is C=CCN(c1ccccc1Br)C(C1CCCCC1)C(F)(F)C(=O)OCC. The molecule has 0 radical (unpaired) electrons. The maximum atomic E-state index is 15.3. The molecule has 0 bridgehead atoms. The second-order valence-corrected chi connectivity index (χ2v) is 7.43. The Balaban J connectivity index is 2.50. The van der Waals surface area contributed by atoms with Crippen molar-refractivity contribution in [3.63, 3.8) is 0 Å². The lowest BCUT2D eigenvalue weighted by Crippen LogP contribution is -2.57. The third kappa shape index (κ3) is 4.64. The van der Waals surface area contributed by atoms with Crippen molar-refractivity contribution in [2.24, 2.45) is 5.92 Å². The molecule has 1 aromatic rings. The lowest BCUT2D eigenvalue weighted by molar-refractivity contribution is -0.177. The van der Waals surface area contributed by atoms with Crippen LogP contribution in [0.3, 0.4) is 0 Å². The van der Waals surface area contributed by atoms with E-state index in [0.29, 0.717) is 23.0 Å². The van der Waals surface area contributed by atoms with Crippen LogP contribution in [-0.2, 0) is 9.53 Å². The van der Waals surface area contributed by atoms with E-state index >= 15 is 8.78 Å². The number of alkyl halides is 2. The van der Waals surface area contributed by atoms with Crippen LogP contribution < -0.4 is 4.90 Å². The van der Waals surface area contributed by atoms with Crippen LogP contribution in [0.1, 0.15) is 39.0 Å². The molecule has 0 saturated heterocycles. The van der Waals surface area contributed by atoms with Crippen LogP contribution >= 0.6 is 15.9 Å². The van der Waals surface area contributed by atoms with Gasteiger partial charge in [0, 0.05) is 11.0 Å². The molecule has 0 N–H and O–H groups in total. The summed E-state index contributed by atoms with van der Waals surface area (Å²) in [5.74, 6) is -5.33. The number of esters is 1. The number of rotatable bonds is 8. The van der Waals surface area contributed by atoms with Crippen LogP contribution in [0, 0.1) is 5.92 Å². The first-order chi connectivity index (χ1) is 12.4. The van der Waals surface area contributed by atoms with Gasteiger partial charge in [0.05, 0.1) is 12.3 Å². The van der Waals surface area contributed by atoms with Gasteiger partial charge >= 0.3 is 11.9 Å². The lowest BCUT2D eigenvalue weighted by atomic mass is 9.80. The van der Waals surface area contributed by atoms with E-state index in [9.17, 15) is 4.79 Å². The summed E-state index contributed by atoms with van der Waals surface area (Å²) >= 11 is 3.46. The van der Waals surface area contributed by atoms with E-state index in [-0.39, 0.29) is 19.1 Å². The Morgan fingerprint density at radius 3 is 2.62 bits per heavy atom.